The van der Waals surface area contributed by atoms with Crippen LogP contribution in [0.4, 0.5) is 0 Å². The van der Waals surface area contributed by atoms with Gasteiger partial charge < -0.3 is 10.4 Å². The molecule has 0 saturated carbocycles. The highest BCUT2D eigenvalue weighted by Crippen LogP contribution is 2.18. The Labute approximate surface area is 114 Å². The first-order valence-corrected chi connectivity index (χ1v) is 6.81. The van der Waals surface area contributed by atoms with E-state index in [9.17, 15) is 5.11 Å². The number of aromatic nitrogens is 1. The van der Waals surface area contributed by atoms with Gasteiger partial charge in [-0.1, -0.05) is 32.0 Å². The van der Waals surface area contributed by atoms with Crippen molar-refractivity contribution < 1.29 is 5.11 Å². The minimum absolute atomic E-state index is 0.132. The molecule has 2 aromatic rings. The molecule has 0 bridgehead atoms. The molecule has 0 spiro atoms. The summed E-state index contributed by atoms with van der Waals surface area (Å²) in [6, 6.07) is 10.4. The minimum atomic E-state index is 0.132. The fraction of sp³-hybridized carbons (Fsp3) is 0.438. The standard InChI is InChI=1S/C16H22N2O/c1-11(2)16(10-19)17-9-13-8-12(3)18-15-7-5-4-6-14(13)15/h4-8,11,16-17,19H,9-10H2,1-3H3. The first-order valence-electron chi connectivity index (χ1n) is 6.81. The molecule has 0 aliphatic rings. The Morgan fingerprint density at radius 3 is 2.68 bits per heavy atom. The summed E-state index contributed by atoms with van der Waals surface area (Å²) in [6.45, 7) is 7.17. The lowest BCUT2D eigenvalue weighted by molar-refractivity contribution is 0.210. The molecule has 19 heavy (non-hydrogen) atoms. The number of hydrogen-bond acceptors (Lipinski definition) is 3. The third-order valence-corrected chi connectivity index (χ3v) is 3.49. The van der Waals surface area contributed by atoms with Crippen molar-refractivity contribution in [3.8, 4) is 0 Å². The predicted octanol–water partition coefficient (Wildman–Crippen LogP) is 2.65. The SMILES string of the molecule is Cc1cc(CNC(CO)C(C)C)c2ccccc2n1. The van der Waals surface area contributed by atoms with Gasteiger partial charge in [0.15, 0.2) is 0 Å². The molecule has 0 radical (unpaired) electrons. The van der Waals surface area contributed by atoms with Gasteiger partial charge in [0.1, 0.15) is 0 Å². The number of nitrogens with zero attached hydrogens (tertiary/aromatic N) is 1. The van der Waals surface area contributed by atoms with Crippen molar-refractivity contribution in [1.29, 1.82) is 0 Å². The first-order chi connectivity index (χ1) is 9.11. The van der Waals surface area contributed by atoms with Crippen LogP contribution >= 0.6 is 0 Å². The summed E-state index contributed by atoms with van der Waals surface area (Å²) >= 11 is 0. The Morgan fingerprint density at radius 2 is 2.00 bits per heavy atom. The molecule has 1 aromatic carbocycles. The summed E-state index contributed by atoms with van der Waals surface area (Å²) in [6.07, 6.45) is 0. The van der Waals surface area contributed by atoms with Crippen molar-refractivity contribution in [2.45, 2.75) is 33.4 Å². The molecule has 0 aliphatic heterocycles. The number of hydrogen-bond donors (Lipinski definition) is 2. The van der Waals surface area contributed by atoms with Crippen molar-refractivity contribution >= 4 is 10.9 Å². The Balaban J connectivity index is 2.25. The average Bonchev–Trinajstić information content (AvgIpc) is 2.38. The van der Waals surface area contributed by atoms with Crippen LogP contribution in [0, 0.1) is 12.8 Å². The summed E-state index contributed by atoms with van der Waals surface area (Å²) in [5, 5.41) is 14.0. The van der Waals surface area contributed by atoms with Crippen molar-refractivity contribution in [1.82, 2.24) is 10.3 Å². The summed E-state index contributed by atoms with van der Waals surface area (Å²) in [4.78, 5) is 4.54. The molecule has 102 valence electrons. The van der Waals surface area contributed by atoms with Gasteiger partial charge >= 0.3 is 0 Å². The maximum atomic E-state index is 9.37. The molecule has 1 aromatic heterocycles. The predicted molar refractivity (Wildman–Crippen MR) is 79.0 cm³/mol. The van der Waals surface area contributed by atoms with Crippen LogP contribution < -0.4 is 5.32 Å². The summed E-state index contributed by atoms with van der Waals surface area (Å²) in [7, 11) is 0. The molecule has 0 fully saturated rings. The van der Waals surface area contributed by atoms with Gasteiger partial charge in [-0.15, -0.1) is 0 Å². The molecule has 0 aliphatic carbocycles. The van der Waals surface area contributed by atoms with Crippen LogP contribution in [0.3, 0.4) is 0 Å². The Morgan fingerprint density at radius 1 is 1.26 bits per heavy atom. The summed E-state index contributed by atoms with van der Waals surface area (Å²) in [5.74, 6) is 0.416. The highest BCUT2D eigenvalue weighted by atomic mass is 16.3. The monoisotopic (exact) mass is 258 g/mol. The van der Waals surface area contributed by atoms with E-state index in [0.717, 1.165) is 17.8 Å². The average molecular weight is 258 g/mol. The zero-order valence-electron chi connectivity index (χ0n) is 11.9. The number of benzene rings is 1. The lowest BCUT2D eigenvalue weighted by atomic mass is 10.0. The topological polar surface area (TPSA) is 45.1 Å². The second-order valence-electron chi connectivity index (χ2n) is 5.35. The van der Waals surface area contributed by atoms with Crippen LogP contribution in [0.5, 0.6) is 0 Å². The number of rotatable bonds is 5. The number of fused-ring (bicyclic) bond motifs is 1. The van der Waals surface area contributed by atoms with Gasteiger partial charge in [-0.3, -0.25) is 4.98 Å². The Kier molecular flexibility index (Phi) is 4.51. The van der Waals surface area contributed by atoms with Crippen LogP contribution in [0.1, 0.15) is 25.1 Å². The van der Waals surface area contributed by atoms with Crippen molar-refractivity contribution in [2.75, 3.05) is 6.61 Å². The molecule has 3 nitrogen and oxygen atoms in total. The number of aliphatic hydroxyl groups is 1. The number of para-hydroxylation sites is 1. The van der Waals surface area contributed by atoms with Crippen LogP contribution in [-0.4, -0.2) is 22.7 Å². The molecule has 2 rings (SSSR count). The van der Waals surface area contributed by atoms with E-state index in [1.54, 1.807) is 0 Å². The largest absolute Gasteiger partial charge is 0.395 e. The molecule has 0 amide bonds. The van der Waals surface area contributed by atoms with Gasteiger partial charge in [0, 0.05) is 23.7 Å². The van der Waals surface area contributed by atoms with E-state index in [-0.39, 0.29) is 12.6 Å². The maximum absolute atomic E-state index is 9.37. The fourth-order valence-electron chi connectivity index (χ4n) is 2.29. The lowest BCUT2D eigenvalue weighted by Crippen LogP contribution is -2.36. The minimum Gasteiger partial charge on any atom is -0.395 e. The molecule has 1 atom stereocenters. The van der Waals surface area contributed by atoms with Gasteiger partial charge in [-0.2, -0.15) is 0 Å². The first kappa shape index (κ1) is 14.0. The smallest absolute Gasteiger partial charge is 0.0708 e. The third kappa shape index (κ3) is 3.31. The van der Waals surface area contributed by atoms with E-state index in [4.69, 9.17) is 0 Å². The molecule has 2 N–H and O–H groups in total. The van der Waals surface area contributed by atoms with E-state index in [1.807, 2.05) is 25.1 Å². The van der Waals surface area contributed by atoms with Gasteiger partial charge in [0.2, 0.25) is 0 Å². The van der Waals surface area contributed by atoms with Crippen LogP contribution in [-0.2, 0) is 6.54 Å². The van der Waals surface area contributed by atoms with Gasteiger partial charge in [0.05, 0.1) is 12.1 Å². The van der Waals surface area contributed by atoms with E-state index < -0.39 is 0 Å². The molecule has 1 heterocycles. The van der Waals surface area contributed by atoms with Gasteiger partial charge in [0.25, 0.3) is 0 Å². The number of aryl methyl sites for hydroxylation is 1. The van der Waals surface area contributed by atoms with Crippen molar-refractivity contribution in [2.24, 2.45) is 5.92 Å². The normalized spacial score (nSPS) is 13.1. The highest BCUT2D eigenvalue weighted by molar-refractivity contribution is 5.82. The van der Waals surface area contributed by atoms with E-state index in [0.29, 0.717) is 5.92 Å². The van der Waals surface area contributed by atoms with Crippen LogP contribution in [0.25, 0.3) is 10.9 Å². The Bertz CT molecular complexity index is 551. The number of nitrogens with one attached hydrogen (secondary N) is 1. The zero-order valence-corrected chi connectivity index (χ0v) is 11.9. The van der Waals surface area contributed by atoms with Crippen molar-refractivity contribution in [3.05, 3.63) is 41.6 Å². The van der Waals surface area contributed by atoms with Gasteiger partial charge in [-0.05, 0) is 30.5 Å². The molecule has 1 unspecified atom stereocenters. The van der Waals surface area contributed by atoms with Gasteiger partial charge in [-0.25, -0.2) is 0 Å². The molecular formula is C16H22N2O. The molecular weight excluding hydrogens is 236 g/mol. The summed E-state index contributed by atoms with van der Waals surface area (Å²) in [5.41, 5.74) is 3.30. The zero-order chi connectivity index (χ0) is 13.8. The molecule has 3 heteroatoms. The fourth-order valence-corrected chi connectivity index (χ4v) is 2.29. The number of aliphatic hydroxyl groups excluding tert-OH is 1. The molecule has 0 saturated heterocycles. The van der Waals surface area contributed by atoms with E-state index >= 15 is 0 Å². The van der Waals surface area contributed by atoms with E-state index in [1.165, 1.54) is 10.9 Å². The van der Waals surface area contributed by atoms with Crippen molar-refractivity contribution in [3.63, 3.8) is 0 Å². The Hall–Kier alpha value is -1.45. The van der Waals surface area contributed by atoms with Crippen LogP contribution in [0.15, 0.2) is 30.3 Å². The maximum Gasteiger partial charge on any atom is 0.0708 e. The van der Waals surface area contributed by atoms with E-state index in [2.05, 4.69) is 36.3 Å². The van der Waals surface area contributed by atoms with Crippen LogP contribution in [0.2, 0.25) is 0 Å². The second kappa shape index (κ2) is 6.13. The highest BCUT2D eigenvalue weighted by Gasteiger charge is 2.12. The second-order valence-corrected chi connectivity index (χ2v) is 5.35. The summed E-state index contributed by atoms with van der Waals surface area (Å²) < 4.78 is 0. The quantitative estimate of drug-likeness (QED) is 0.866. The third-order valence-electron chi connectivity index (χ3n) is 3.49. The lowest BCUT2D eigenvalue weighted by Gasteiger charge is -2.20. The number of pyridine rings is 1.